The molecule has 2 aromatic rings. The molecule has 0 bridgehead atoms. The first-order chi connectivity index (χ1) is 11.7. The van der Waals surface area contributed by atoms with Crippen LogP contribution in [-0.4, -0.2) is 55.7 Å². The standard InChI is InChI=1S/C16H21N5O3/c1-19-12-9-17-10-18-14(12)21(16(19)23)11-4-6-20(7-5-11)15(22)13-3-2-8-24-13/h9-11,13H,2-8H2,1H3. The molecule has 1 unspecified atom stereocenters. The Bertz CT molecular complexity index is 813. The summed E-state index contributed by atoms with van der Waals surface area (Å²) in [6.07, 6.45) is 6.14. The van der Waals surface area contributed by atoms with Gasteiger partial charge in [0, 0.05) is 32.8 Å². The normalized spacial score (nSPS) is 22.4. The van der Waals surface area contributed by atoms with E-state index in [4.69, 9.17) is 4.74 Å². The second kappa shape index (κ2) is 6.01. The molecule has 24 heavy (non-hydrogen) atoms. The van der Waals surface area contributed by atoms with Gasteiger partial charge in [0.15, 0.2) is 5.65 Å². The van der Waals surface area contributed by atoms with Crippen molar-refractivity contribution in [1.82, 2.24) is 24.0 Å². The van der Waals surface area contributed by atoms with Gasteiger partial charge in [-0.1, -0.05) is 0 Å². The van der Waals surface area contributed by atoms with Crippen molar-refractivity contribution in [1.29, 1.82) is 0 Å². The fourth-order valence-electron chi connectivity index (χ4n) is 3.74. The van der Waals surface area contributed by atoms with Gasteiger partial charge in [-0.25, -0.2) is 14.8 Å². The summed E-state index contributed by atoms with van der Waals surface area (Å²) >= 11 is 0. The average Bonchev–Trinajstić information content (AvgIpc) is 3.23. The van der Waals surface area contributed by atoms with E-state index in [-0.39, 0.29) is 23.7 Å². The van der Waals surface area contributed by atoms with Crippen LogP contribution in [0.15, 0.2) is 17.3 Å². The van der Waals surface area contributed by atoms with Gasteiger partial charge in [0.2, 0.25) is 0 Å². The molecule has 1 amide bonds. The predicted octanol–water partition coefficient (Wildman–Crippen LogP) is 0.472. The Labute approximate surface area is 139 Å². The van der Waals surface area contributed by atoms with Crippen LogP contribution in [0.25, 0.3) is 11.2 Å². The van der Waals surface area contributed by atoms with Gasteiger partial charge < -0.3 is 9.64 Å². The molecule has 0 aromatic carbocycles. The molecule has 8 heteroatoms. The molecule has 0 saturated carbocycles. The lowest BCUT2D eigenvalue weighted by Crippen LogP contribution is -2.45. The first-order valence-electron chi connectivity index (χ1n) is 8.44. The first-order valence-corrected chi connectivity index (χ1v) is 8.44. The summed E-state index contributed by atoms with van der Waals surface area (Å²) in [4.78, 5) is 35.2. The molecule has 0 N–H and O–H groups in total. The number of hydrogen-bond donors (Lipinski definition) is 0. The maximum atomic E-state index is 12.6. The number of ether oxygens (including phenoxy) is 1. The first kappa shape index (κ1) is 15.3. The van der Waals surface area contributed by atoms with Crippen LogP contribution < -0.4 is 5.69 Å². The molecule has 4 heterocycles. The third kappa shape index (κ3) is 2.41. The molecule has 2 saturated heterocycles. The number of amides is 1. The molecular formula is C16H21N5O3. The van der Waals surface area contributed by atoms with E-state index < -0.39 is 0 Å². The molecule has 0 radical (unpaired) electrons. The van der Waals surface area contributed by atoms with E-state index in [1.165, 1.54) is 6.33 Å². The van der Waals surface area contributed by atoms with Crippen molar-refractivity contribution in [2.45, 2.75) is 37.8 Å². The summed E-state index contributed by atoms with van der Waals surface area (Å²) in [5.41, 5.74) is 1.33. The van der Waals surface area contributed by atoms with Crippen molar-refractivity contribution < 1.29 is 9.53 Å². The van der Waals surface area contributed by atoms with Crippen molar-refractivity contribution in [2.75, 3.05) is 19.7 Å². The monoisotopic (exact) mass is 331 g/mol. The Kier molecular flexibility index (Phi) is 3.84. The third-order valence-corrected chi connectivity index (χ3v) is 5.10. The van der Waals surface area contributed by atoms with Gasteiger partial charge >= 0.3 is 5.69 Å². The Hall–Kier alpha value is -2.22. The number of carbonyl (C=O) groups is 1. The number of carbonyl (C=O) groups excluding carboxylic acids is 1. The van der Waals surface area contributed by atoms with E-state index in [0.717, 1.165) is 31.2 Å². The van der Waals surface area contributed by atoms with Gasteiger partial charge in [0.05, 0.1) is 6.20 Å². The summed E-state index contributed by atoms with van der Waals surface area (Å²) < 4.78 is 8.83. The highest BCUT2D eigenvalue weighted by Gasteiger charge is 2.32. The summed E-state index contributed by atoms with van der Waals surface area (Å²) in [5, 5.41) is 0. The van der Waals surface area contributed by atoms with Gasteiger partial charge in [-0.15, -0.1) is 0 Å². The van der Waals surface area contributed by atoms with Gasteiger partial charge in [0.25, 0.3) is 5.91 Å². The number of imidazole rings is 1. The number of aromatic nitrogens is 4. The quantitative estimate of drug-likeness (QED) is 0.799. The van der Waals surface area contributed by atoms with Crippen molar-refractivity contribution in [2.24, 2.45) is 7.05 Å². The van der Waals surface area contributed by atoms with E-state index in [1.54, 1.807) is 22.4 Å². The minimum absolute atomic E-state index is 0.0599. The van der Waals surface area contributed by atoms with Crippen molar-refractivity contribution in [3.63, 3.8) is 0 Å². The number of hydrogen-bond acceptors (Lipinski definition) is 5. The van der Waals surface area contributed by atoms with Crippen LogP contribution in [0.3, 0.4) is 0 Å². The summed E-state index contributed by atoms with van der Waals surface area (Å²) in [5.74, 6) is 0.0959. The van der Waals surface area contributed by atoms with Crippen molar-refractivity contribution >= 4 is 17.1 Å². The lowest BCUT2D eigenvalue weighted by Gasteiger charge is -2.33. The SMILES string of the molecule is Cn1c(=O)n(C2CCN(C(=O)C3CCCO3)CC2)c2ncncc21. The maximum Gasteiger partial charge on any atom is 0.330 e. The van der Waals surface area contributed by atoms with Crippen LogP contribution in [0.5, 0.6) is 0 Å². The molecular weight excluding hydrogens is 310 g/mol. The Morgan fingerprint density at radius 2 is 2.08 bits per heavy atom. The number of rotatable bonds is 2. The molecule has 0 aliphatic carbocycles. The Morgan fingerprint density at radius 1 is 1.29 bits per heavy atom. The predicted molar refractivity (Wildman–Crippen MR) is 86.6 cm³/mol. The number of aryl methyl sites for hydroxylation is 1. The van der Waals surface area contributed by atoms with Crippen LogP contribution in [-0.2, 0) is 16.6 Å². The van der Waals surface area contributed by atoms with E-state index in [1.807, 2.05) is 4.90 Å². The van der Waals surface area contributed by atoms with Crippen LogP contribution in [0.2, 0.25) is 0 Å². The molecule has 8 nitrogen and oxygen atoms in total. The Balaban J connectivity index is 1.53. The highest BCUT2D eigenvalue weighted by Crippen LogP contribution is 2.26. The number of likely N-dealkylation sites (tertiary alicyclic amines) is 1. The largest absolute Gasteiger partial charge is 0.368 e. The highest BCUT2D eigenvalue weighted by molar-refractivity contribution is 5.81. The van der Waals surface area contributed by atoms with E-state index in [9.17, 15) is 9.59 Å². The van der Waals surface area contributed by atoms with Gasteiger partial charge in [-0.2, -0.15) is 0 Å². The molecule has 2 aliphatic heterocycles. The summed E-state index contributed by atoms with van der Waals surface area (Å²) in [6, 6.07) is 0.0599. The fraction of sp³-hybridized carbons (Fsp3) is 0.625. The molecule has 4 rings (SSSR count). The minimum Gasteiger partial charge on any atom is -0.368 e. The highest BCUT2D eigenvalue weighted by atomic mass is 16.5. The Morgan fingerprint density at radius 3 is 2.79 bits per heavy atom. The van der Waals surface area contributed by atoms with Crippen LogP contribution in [0, 0.1) is 0 Å². The average molecular weight is 331 g/mol. The number of fused-ring (bicyclic) bond motifs is 1. The molecule has 2 fully saturated rings. The lowest BCUT2D eigenvalue weighted by molar-refractivity contribution is -0.142. The van der Waals surface area contributed by atoms with E-state index in [2.05, 4.69) is 9.97 Å². The summed E-state index contributed by atoms with van der Waals surface area (Å²) in [6.45, 7) is 1.98. The smallest absolute Gasteiger partial charge is 0.330 e. The van der Waals surface area contributed by atoms with Crippen molar-refractivity contribution in [3.8, 4) is 0 Å². The van der Waals surface area contributed by atoms with Crippen LogP contribution in [0.1, 0.15) is 31.7 Å². The van der Waals surface area contributed by atoms with Crippen LogP contribution in [0.4, 0.5) is 0 Å². The topological polar surface area (TPSA) is 82.2 Å². The second-order valence-corrected chi connectivity index (χ2v) is 6.50. The fourth-order valence-corrected chi connectivity index (χ4v) is 3.74. The van der Waals surface area contributed by atoms with E-state index in [0.29, 0.717) is 25.3 Å². The minimum atomic E-state index is -0.269. The zero-order chi connectivity index (χ0) is 16.7. The molecule has 2 aromatic heterocycles. The van der Waals surface area contributed by atoms with Crippen LogP contribution >= 0.6 is 0 Å². The second-order valence-electron chi connectivity index (χ2n) is 6.50. The van der Waals surface area contributed by atoms with Crippen molar-refractivity contribution in [3.05, 3.63) is 23.0 Å². The molecule has 2 aliphatic rings. The molecule has 0 spiro atoms. The number of nitrogens with zero attached hydrogens (tertiary/aromatic N) is 5. The van der Waals surface area contributed by atoms with Gasteiger partial charge in [0.1, 0.15) is 17.9 Å². The molecule has 1 atom stereocenters. The summed E-state index contributed by atoms with van der Waals surface area (Å²) in [7, 11) is 1.74. The van der Waals surface area contributed by atoms with E-state index >= 15 is 0 Å². The number of piperidine rings is 1. The van der Waals surface area contributed by atoms with Gasteiger partial charge in [-0.05, 0) is 25.7 Å². The maximum absolute atomic E-state index is 12.6. The third-order valence-electron chi connectivity index (χ3n) is 5.10. The zero-order valence-corrected chi connectivity index (χ0v) is 13.7. The zero-order valence-electron chi connectivity index (χ0n) is 13.7. The molecule has 128 valence electrons. The lowest BCUT2D eigenvalue weighted by atomic mass is 10.0. The van der Waals surface area contributed by atoms with Gasteiger partial charge in [-0.3, -0.25) is 13.9 Å².